The topological polar surface area (TPSA) is 124 Å². The lowest BCUT2D eigenvalue weighted by Crippen LogP contribution is -3.04. The monoisotopic (exact) mass is 324 g/mol. The summed E-state index contributed by atoms with van der Waals surface area (Å²) < 4.78 is 5.62. The maximum Gasteiger partial charge on any atom is 0.246 e. The van der Waals surface area contributed by atoms with Crippen molar-refractivity contribution < 1.29 is 19.2 Å². The molecule has 2 amide bonds. The molecule has 128 valence electrons. The summed E-state index contributed by atoms with van der Waals surface area (Å²) in [5, 5.41) is 0. The van der Waals surface area contributed by atoms with E-state index in [2.05, 4.69) is 0 Å². The molecule has 1 rings (SSSR count). The van der Waals surface area contributed by atoms with Gasteiger partial charge in [-0.05, 0) is 31.0 Å². The van der Waals surface area contributed by atoms with E-state index in [1.807, 2.05) is 50.1 Å². The first-order valence-corrected chi connectivity index (χ1v) is 7.47. The second-order valence-electron chi connectivity index (χ2n) is 5.53. The Hall–Kier alpha value is -2.16. The molecule has 0 saturated carbocycles. The number of hydrogen-bond acceptors (Lipinski definition) is 5. The van der Waals surface area contributed by atoms with Crippen LogP contribution in [0.1, 0.15) is 18.1 Å². The molecule has 0 fully saturated rings. The van der Waals surface area contributed by atoms with E-state index in [9.17, 15) is 9.59 Å². The molecule has 0 bridgehead atoms. The van der Waals surface area contributed by atoms with Gasteiger partial charge in [0, 0.05) is 5.56 Å². The van der Waals surface area contributed by atoms with Crippen molar-refractivity contribution in [3.05, 3.63) is 29.3 Å². The molecule has 0 aliphatic carbocycles. The van der Waals surface area contributed by atoms with Gasteiger partial charge in [-0.1, -0.05) is 6.07 Å². The number of nitrogens with one attached hydrogen (secondary N) is 3. The summed E-state index contributed by atoms with van der Waals surface area (Å²) in [5.41, 5.74) is 5.84. The van der Waals surface area contributed by atoms with Gasteiger partial charge in [0.25, 0.3) is 0 Å². The van der Waals surface area contributed by atoms with E-state index in [0.717, 1.165) is 23.4 Å². The van der Waals surface area contributed by atoms with Gasteiger partial charge in [-0.3, -0.25) is 20.4 Å². The first-order chi connectivity index (χ1) is 10.9. The second-order valence-corrected chi connectivity index (χ2v) is 5.53. The van der Waals surface area contributed by atoms with Gasteiger partial charge in [-0.2, -0.15) is 0 Å². The van der Waals surface area contributed by atoms with Crippen LogP contribution in [-0.2, 0) is 22.6 Å². The quantitative estimate of drug-likeness (QED) is 0.162. The molecule has 8 nitrogen and oxygen atoms in total. The molecular weight excluding hydrogens is 298 g/mol. The molecule has 1 aromatic carbocycles. The third kappa shape index (κ3) is 5.51. The Kier molecular flexibility index (Phi) is 7.46. The molecule has 0 aliphatic heterocycles. The largest absolute Gasteiger partial charge is 0.493 e. The van der Waals surface area contributed by atoms with Crippen LogP contribution in [0.3, 0.4) is 0 Å². The van der Waals surface area contributed by atoms with Crippen LogP contribution in [0.4, 0.5) is 0 Å². The number of amides is 2. The highest BCUT2D eigenvalue weighted by molar-refractivity contribution is 6.00. The van der Waals surface area contributed by atoms with Gasteiger partial charge in [0.05, 0.1) is 20.7 Å². The van der Waals surface area contributed by atoms with E-state index in [-0.39, 0.29) is 6.42 Å². The van der Waals surface area contributed by atoms with Crippen LogP contribution in [0.25, 0.3) is 0 Å². The van der Waals surface area contributed by atoms with Crippen molar-refractivity contribution in [1.82, 2.24) is 10.9 Å². The Morgan fingerprint density at radius 2 is 1.83 bits per heavy atom. The predicted octanol–water partition coefficient (Wildman–Crippen LogP) is -2.13. The van der Waals surface area contributed by atoms with E-state index < -0.39 is 17.7 Å². The lowest BCUT2D eigenvalue weighted by Gasteiger charge is -2.17. The van der Waals surface area contributed by atoms with E-state index in [0.29, 0.717) is 6.61 Å². The Balaban J connectivity index is 3.06. The van der Waals surface area contributed by atoms with Gasteiger partial charge in [0.1, 0.15) is 18.2 Å². The number of nitrogens with two attached hydrogens (primary N) is 2. The van der Waals surface area contributed by atoms with Crippen LogP contribution >= 0.6 is 0 Å². The van der Waals surface area contributed by atoms with Crippen molar-refractivity contribution in [2.45, 2.75) is 19.9 Å². The van der Waals surface area contributed by atoms with Gasteiger partial charge in [-0.25, -0.2) is 11.7 Å². The molecule has 0 saturated heterocycles. The molecule has 0 radical (unpaired) electrons. The molecule has 0 unspecified atom stereocenters. The highest BCUT2D eigenvalue weighted by atomic mass is 16.5. The van der Waals surface area contributed by atoms with Crippen LogP contribution < -0.4 is 32.2 Å². The van der Waals surface area contributed by atoms with E-state index >= 15 is 0 Å². The van der Waals surface area contributed by atoms with E-state index in [1.54, 1.807) is 0 Å². The Morgan fingerprint density at radius 3 is 2.30 bits per heavy atom. The number of rotatable bonds is 8. The molecule has 1 aromatic rings. The van der Waals surface area contributed by atoms with Crippen molar-refractivity contribution in [3.8, 4) is 5.75 Å². The average molecular weight is 324 g/mol. The van der Waals surface area contributed by atoms with Crippen LogP contribution in [-0.4, -0.2) is 32.5 Å². The fourth-order valence-electron chi connectivity index (χ4n) is 2.32. The minimum Gasteiger partial charge on any atom is -0.493 e. The minimum absolute atomic E-state index is 0.203. The lowest BCUT2D eigenvalue weighted by atomic mass is 9.96. The van der Waals surface area contributed by atoms with Gasteiger partial charge < -0.3 is 9.64 Å². The Labute approximate surface area is 136 Å². The van der Waals surface area contributed by atoms with Gasteiger partial charge >= 0.3 is 0 Å². The summed E-state index contributed by atoms with van der Waals surface area (Å²) >= 11 is 0. The molecule has 0 spiro atoms. The fourth-order valence-corrected chi connectivity index (χ4v) is 2.32. The molecule has 23 heavy (non-hydrogen) atoms. The average Bonchev–Trinajstić information content (AvgIpc) is 2.53. The zero-order valence-corrected chi connectivity index (χ0v) is 13.8. The van der Waals surface area contributed by atoms with Crippen LogP contribution in [0.2, 0.25) is 0 Å². The number of hydrogen-bond donors (Lipinski definition) is 5. The predicted molar refractivity (Wildman–Crippen MR) is 86.0 cm³/mol. The summed E-state index contributed by atoms with van der Waals surface area (Å²) in [4.78, 5) is 24.8. The van der Waals surface area contributed by atoms with Gasteiger partial charge in [0.2, 0.25) is 11.8 Å². The molecule has 7 N–H and O–H groups in total. The van der Waals surface area contributed by atoms with Crippen molar-refractivity contribution in [2.75, 3.05) is 20.7 Å². The summed E-state index contributed by atoms with van der Waals surface area (Å²) in [6.07, 6.45) is 0.203. The van der Waals surface area contributed by atoms with E-state index in [1.165, 1.54) is 4.90 Å². The van der Waals surface area contributed by atoms with E-state index in [4.69, 9.17) is 16.4 Å². The SMILES string of the molecule is CCOc1ccc(CC(C(=O)NN)C(=O)NN)cc1C[NH+](C)C. The zero-order chi connectivity index (χ0) is 17.4. The Morgan fingerprint density at radius 1 is 1.22 bits per heavy atom. The van der Waals surface area contributed by atoms with Crippen LogP contribution in [0.15, 0.2) is 18.2 Å². The molecule has 8 heteroatoms. The first kappa shape index (κ1) is 18.9. The summed E-state index contributed by atoms with van der Waals surface area (Å²) in [6.45, 7) is 3.26. The third-order valence-electron chi connectivity index (χ3n) is 3.33. The molecule has 0 aromatic heterocycles. The summed E-state index contributed by atoms with van der Waals surface area (Å²) in [7, 11) is 4.07. The van der Waals surface area contributed by atoms with Crippen molar-refractivity contribution in [3.63, 3.8) is 0 Å². The standard InChI is InChI=1S/C15H25N5O3/c1-4-23-13-6-5-10(7-11(13)9-20(2)3)8-12(14(21)18-16)15(22)19-17/h5-7,12H,4,8-9,16-17H2,1-3H3,(H,18,21)(H,19,22)/p+1. The fraction of sp³-hybridized carbons (Fsp3) is 0.467. The molecule has 0 aliphatic rings. The van der Waals surface area contributed by atoms with Gasteiger partial charge in [0.15, 0.2) is 0 Å². The maximum atomic E-state index is 11.8. The smallest absolute Gasteiger partial charge is 0.246 e. The molecular formula is C15H26N5O3+. The number of ether oxygens (including phenoxy) is 1. The van der Waals surface area contributed by atoms with Crippen molar-refractivity contribution >= 4 is 11.8 Å². The minimum atomic E-state index is -0.984. The first-order valence-electron chi connectivity index (χ1n) is 7.47. The Bertz CT molecular complexity index is 532. The zero-order valence-electron chi connectivity index (χ0n) is 13.8. The normalized spacial score (nSPS) is 10.7. The van der Waals surface area contributed by atoms with Gasteiger partial charge in [-0.15, -0.1) is 0 Å². The number of benzene rings is 1. The molecule has 0 atom stereocenters. The van der Waals surface area contributed by atoms with Crippen molar-refractivity contribution in [2.24, 2.45) is 17.6 Å². The lowest BCUT2D eigenvalue weighted by molar-refractivity contribution is -0.872. The van der Waals surface area contributed by atoms with Crippen LogP contribution in [0, 0.1) is 5.92 Å². The summed E-state index contributed by atoms with van der Waals surface area (Å²) in [5.74, 6) is 8.93. The number of carbonyl (C=O) groups is 2. The number of quaternary nitrogens is 1. The number of hydrazine groups is 2. The molecule has 0 heterocycles. The summed E-state index contributed by atoms with van der Waals surface area (Å²) in [6, 6.07) is 5.63. The highest BCUT2D eigenvalue weighted by Gasteiger charge is 2.26. The highest BCUT2D eigenvalue weighted by Crippen LogP contribution is 2.21. The maximum absolute atomic E-state index is 11.8. The van der Waals surface area contributed by atoms with Crippen molar-refractivity contribution in [1.29, 1.82) is 0 Å². The second kappa shape index (κ2) is 9.09. The van der Waals surface area contributed by atoms with Crippen LogP contribution in [0.5, 0.6) is 5.75 Å². The third-order valence-corrected chi connectivity index (χ3v) is 3.33. The number of carbonyl (C=O) groups excluding carboxylic acids is 2.